The van der Waals surface area contributed by atoms with Gasteiger partial charge in [0.1, 0.15) is 5.78 Å². The molecule has 2 bridgehead atoms. The maximum atomic E-state index is 12.6. The summed E-state index contributed by atoms with van der Waals surface area (Å²) in [6.07, 6.45) is 7.78. The van der Waals surface area contributed by atoms with Crippen molar-refractivity contribution in [1.82, 2.24) is 4.90 Å². The molecule has 0 aromatic heterocycles. The van der Waals surface area contributed by atoms with Crippen LogP contribution in [0.2, 0.25) is 0 Å². The lowest BCUT2D eigenvalue weighted by Crippen LogP contribution is -2.60. The van der Waals surface area contributed by atoms with E-state index in [0.717, 1.165) is 38.8 Å². The Labute approximate surface area is 157 Å². The van der Waals surface area contributed by atoms with E-state index in [9.17, 15) is 9.90 Å². The van der Waals surface area contributed by atoms with Crippen LogP contribution in [0, 0.1) is 11.8 Å². The lowest BCUT2D eigenvalue weighted by atomic mass is 9.59. The van der Waals surface area contributed by atoms with Crippen molar-refractivity contribution < 1.29 is 9.90 Å². The van der Waals surface area contributed by atoms with Gasteiger partial charge < -0.3 is 5.11 Å². The van der Waals surface area contributed by atoms with Crippen LogP contribution in [0.5, 0.6) is 0 Å². The Morgan fingerprint density at radius 2 is 1.77 bits per heavy atom. The molecule has 1 aliphatic heterocycles. The number of likely N-dealkylation sites (tertiary alicyclic amines) is 1. The molecule has 0 radical (unpaired) electrons. The van der Waals surface area contributed by atoms with Gasteiger partial charge in [0.15, 0.2) is 0 Å². The Morgan fingerprint density at radius 1 is 1.08 bits per heavy atom. The molecule has 3 fully saturated rings. The number of carbonyl (C=O) groups is 1. The van der Waals surface area contributed by atoms with E-state index in [0.29, 0.717) is 23.7 Å². The first-order valence-corrected chi connectivity index (χ1v) is 10.5. The number of rotatable bonds is 3. The average molecular weight is 356 g/mol. The predicted molar refractivity (Wildman–Crippen MR) is 104 cm³/mol. The first-order chi connectivity index (χ1) is 12.4. The fourth-order valence-corrected chi connectivity index (χ4v) is 6.34. The van der Waals surface area contributed by atoms with Crippen LogP contribution >= 0.6 is 0 Å². The molecule has 1 aromatic carbocycles. The smallest absolute Gasteiger partial charge is 0.140 e. The molecule has 1 N–H and O–H groups in total. The highest BCUT2D eigenvalue weighted by atomic mass is 16.3. The topological polar surface area (TPSA) is 40.5 Å². The van der Waals surface area contributed by atoms with Crippen LogP contribution in [0.1, 0.15) is 64.4 Å². The quantitative estimate of drug-likeness (QED) is 0.893. The third-order valence-electron chi connectivity index (χ3n) is 8.04. The zero-order valence-electron chi connectivity index (χ0n) is 16.3. The van der Waals surface area contributed by atoms with E-state index in [1.165, 1.54) is 24.8 Å². The molecule has 2 aliphatic carbocycles. The van der Waals surface area contributed by atoms with Crippen LogP contribution in [0.25, 0.3) is 0 Å². The third kappa shape index (κ3) is 2.84. The number of carbonyl (C=O) groups excluding carboxylic acids is 1. The second kappa shape index (κ2) is 6.76. The van der Waals surface area contributed by atoms with Gasteiger partial charge in [-0.15, -0.1) is 0 Å². The van der Waals surface area contributed by atoms with Crippen LogP contribution < -0.4 is 0 Å². The van der Waals surface area contributed by atoms with E-state index < -0.39 is 5.60 Å². The van der Waals surface area contributed by atoms with Crippen molar-refractivity contribution >= 4 is 5.78 Å². The highest BCUT2D eigenvalue weighted by Crippen LogP contribution is 2.49. The average Bonchev–Trinajstić information content (AvgIpc) is 2.62. The first kappa shape index (κ1) is 18.2. The Bertz CT molecular complexity index is 645. The molecule has 3 nitrogen and oxygen atoms in total. The number of hydrogen-bond donors (Lipinski definition) is 1. The molecule has 3 aliphatic rings. The Morgan fingerprint density at radius 3 is 2.42 bits per heavy atom. The van der Waals surface area contributed by atoms with Gasteiger partial charge in [-0.2, -0.15) is 0 Å². The molecule has 3 heteroatoms. The number of ketones is 1. The van der Waals surface area contributed by atoms with E-state index >= 15 is 0 Å². The largest absolute Gasteiger partial charge is 0.390 e. The fraction of sp³-hybridized carbons (Fsp3) is 0.696. The van der Waals surface area contributed by atoms with Gasteiger partial charge in [-0.1, -0.05) is 36.8 Å². The Balaban J connectivity index is 1.52. The number of piperidine rings is 1. The third-order valence-corrected chi connectivity index (χ3v) is 8.04. The van der Waals surface area contributed by atoms with Crippen molar-refractivity contribution in [3.63, 3.8) is 0 Å². The van der Waals surface area contributed by atoms with Crippen molar-refractivity contribution in [3.05, 3.63) is 35.9 Å². The summed E-state index contributed by atoms with van der Waals surface area (Å²) in [5.41, 5.74) is 0.361. The van der Waals surface area contributed by atoms with Crippen molar-refractivity contribution in [2.75, 3.05) is 13.1 Å². The Kier molecular flexibility index (Phi) is 4.73. The molecular weight excluding hydrogens is 322 g/mol. The molecule has 4 rings (SSSR count). The van der Waals surface area contributed by atoms with Gasteiger partial charge in [0, 0.05) is 12.0 Å². The van der Waals surface area contributed by atoms with Gasteiger partial charge in [-0.05, 0) is 76.9 Å². The van der Waals surface area contributed by atoms with E-state index in [1.807, 2.05) is 18.2 Å². The summed E-state index contributed by atoms with van der Waals surface area (Å²) in [5.74, 6) is 1.19. The number of aliphatic hydroxyl groups is 1. The number of Topliss-reactive ketones (excluding diaryl/α,β-unsaturated/α-hetero) is 1. The van der Waals surface area contributed by atoms with Crippen LogP contribution in [0.4, 0.5) is 0 Å². The zero-order chi connectivity index (χ0) is 18.4. The van der Waals surface area contributed by atoms with Crippen molar-refractivity contribution in [2.45, 2.75) is 75.9 Å². The summed E-state index contributed by atoms with van der Waals surface area (Å²) < 4.78 is 0. The second-order valence-electron chi connectivity index (χ2n) is 9.15. The maximum absolute atomic E-state index is 12.6. The molecule has 2 saturated carbocycles. The molecule has 4 atom stereocenters. The Hall–Kier alpha value is -1.19. The van der Waals surface area contributed by atoms with E-state index in [4.69, 9.17) is 0 Å². The van der Waals surface area contributed by atoms with E-state index in [-0.39, 0.29) is 5.41 Å². The van der Waals surface area contributed by atoms with Crippen LogP contribution in [-0.4, -0.2) is 40.5 Å². The van der Waals surface area contributed by atoms with E-state index in [2.05, 4.69) is 24.0 Å². The lowest BCUT2D eigenvalue weighted by Gasteiger charge is -2.55. The minimum absolute atomic E-state index is 0.303. The predicted octanol–water partition coefficient (Wildman–Crippen LogP) is 3.94. The minimum atomic E-state index is -0.504. The normalized spacial score (nSPS) is 37.3. The van der Waals surface area contributed by atoms with Gasteiger partial charge >= 0.3 is 0 Å². The van der Waals surface area contributed by atoms with Crippen LogP contribution in [-0.2, 0) is 10.2 Å². The van der Waals surface area contributed by atoms with Gasteiger partial charge in [-0.25, -0.2) is 0 Å². The summed E-state index contributed by atoms with van der Waals surface area (Å²) >= 11 is 0. The number of benzene rings is 1. The second-order valence-corrected chi connectivity index (χ2v) is 9.15. The van der Waals surface area contributed by atoms with Crippen LogP contribution in [0.3, 0.4) is 0 Å². The van der Waals surface area contributed by atoms with Crippen LogP contribution in [0.15, 0.2) is 30.3 Å². The van der Waals surface area contributed by atoms with E-state index in [1.54, 1.807) is 6.92 Å². The van der Waals surface area contributed by atoms with Gasteiger partial charge in [0.2, 0.25) is 0 Å². The van der Waals surface area contributed by atoms with Crippen molar-refractivity contribution in [3.8, 4) is 0 Å². The number of nitrogens with zero attached hydrogens (tertiary/aromatic N) is 1. The minimum Gasteiger partial charge on any atom is -0.390 e. The molecule has 142 valence electrons. The van der Waals surface area contributed by atoms with Crippen molar-refractivity contribution in [1.29, 1.82) is 0 Å². The summed E-state index contributed by atoms with van der Waals surface area (Å²) in [6, 6.07) is 10.8. The molecule has 1 saturated heterocycles. The molecule has 0 spiro atoms. The highest BCUT2D eigenvalue weighted by Gasteiger charge is 2.52. The monoisotopic (exact) mass is 355 g/mol. The zero-order valence-corrected chi connectivity index (χ0v) is 16.3. The molecule has 1 heterocycles. The number of hydrogen-bond acceptors (Lipinski definition) is 3. The first-order valence-electron chi connectivity index (χ1n) is 10.5. The summed E-state index contributed by atoms with van der Waals surface area (Å²) in [6.45, 7) is 5.79. The molecule has 0 amide bonds. The molecule has 4 unspecified atom stereocenters. The maximum Gasteiger partial charge on any atom is 0.140 e. The van der Waals surface area contributed by atoms with Gasteiger partial charge in [-0.3, -0.25) is 9.69 Å². The fourth-order valence-electron chi connectivity index (χ4n) is 6.34. The molecular formula is C23H33NO2. The van der Waals surface area contributed by atoms with Crippen molar-refractivity contribution in [2.24, 2.45) is 11.8 Å². The number of fused-ring (bicyclic) bond motifs is 2. The SMILES string of the molecule is CC(=O)C1(c2ccccc2)CCN(C2CCC3CCCC2C3(C)O)CC1. The summed E-state index contributed by atoms with van der Waals surface area (Å²) in [7, 11) is 0. The summed E-state index contributed by atoms with van der Waals surface area (Å²) in [4.78, 5) is 15.2. The standard InChI is InChI=1S/C23H33NO2/c1-17(25)23(19-7-4-3-5-8-19)13-15-24(16-14-23)21-12-11-18-9-6-10-20(21)22(18,2)26/h3-5,7-8,18,20-21,26H,6,9-16H2,1-2H3. The van der Waals surface area contributed by atoms with Gasteiger partial charge in [0.05, 0.1) is 11.0 Å². The highest BCUT2D eigenvalue weighted by molar-refractivity contribution is 5.88. The van der Waals surface area contributed by atoms with Gasteiger partial charge in [0.25, 0.3) is 0 Å². The lowest BCUT2D eigenvalue weighted by molar-refractivity contribution is -0.142. The molecule has 26 heavy (non-hydrogen) atoms. The molecule has 1 aromatic rings. The summed E-state index contributed by atoms with van der Waals surface area (Å²) in [5, 5.41) is 11.1.